The van der Waals surface area contributed by atoms with Gasteiger partial charge in [-0.25, -0.2) is 4.79 Å². The van der Waals surface area contributed by atoms with Gasteiger partial charge in [-0.2, -0.15) is 4.57 Å². The lowest BCUT2D eigenvalue weighted by Gasteiger charge is -2.12. The van der Waals surface area contributed by atoms with Crippen LogP contribution in [0.2, 0.25) is 0 Å². The maximum atomic E-state index is 12.8. The zero-order valence-electron chi connectivity index (χ0n) is 17.3. The predicted octanol–water partition coefficient (Wildman–Crippen LogP) is 5.66. The molecule has 1 heterocycles. The van der Waals surface area contributed by atoms with E-state index in [1.165, 1.54) is 38.5 Å². The van der Waals surface area contributed by atoms with Crippen LogP contribution in [0, 0.1) is 0 Å². The Morgan fingerprint density at radius 3 is 2.04 bits per heavy atom. The number of benzene rings is 1. The van der Waals surface area contributed by atoms with Gasteiger partial charge in [0.1, 0.15) is 11.5 Å². The molecular weight excluding hydrogens is 350 g/mol. The van der Waals surface area contributed by atoms with Crippen LogP contribution in [0.25, 0.3) is 0 Å². The number of carbonyl (C=O) groups excluding carboxylic acids is 1. The van der Waals surface area contributed by atoms with Crippen LogP contribution in [0.3, 0.4) is 0 Å². The Morgan fingerprint density at radius 1 is 0.857 bits per heavy atom. The monoisotopic (exact) mass is 384 g/mol. The molecule has 0 aliphatic rings. The number of unbranched alkanes of at least 4 members (excludes halogenated alkanes) is 7. The zero-order valence-corrected chi connectivity index (χ0v) is 17.3. The lowest BCUT2D eigenvalue weighted by Crippen LogP contribution is -2.45. The third kappa shape index (κ3) is 7.71. The summed E-state index contributed by atoms with van der Waals surface area (Å²) in [6.45, 7) is 2.24. The first-order valence-electron chi connectivity index (χ1n) is 10.6. The third-order valence-electron chi connectivity index (χ3n) is 4.98. The minimum Gasteiger partial charge on any atom is -0.497 e. The second kappa shape index (κ2) is 12.9. The molecule has 0 saturated carbocycles. The van der Waals surface area contributed by atoms with Crippen LogP contribution in [-0.4, -0.2) is 13.1 Å². The van der Waals surface area contributed by atoms with E-state index in [2.05, 4.69) is 6.92 Å². The van der Waals surface area contributed by atoms with Gasteiger partial charge < -0.3 is 9.47 Å². The molecule has 0 fully saturated rings. The SMILES string of the molecule is CCCCCCCCCC[C@H](C(=O)Oc1ccc(OC)cc1)[n+]1ccccc1. The van der Waals surface area contributed by atoms with Crippen molar-refractivity contribution in [3.63, 3.8) is 0 Å². The summed E-state index contributed by atoms with van der Waals surface area (Å²) in [5.74, 6) is 1.07. The quantitative estimate of drug-likeness (QED) is 0.194. The molecule has 0 bridgehead atoms. The summed E-state index contributed by atoms with van der Waals surface area (Å²) in [5, 5.41) is 0. The molecule has 1 atom stereocenters. The molecule has 0 aliphatic carbocycles. The zero-order chi connectivity index (χ0) is 20.0. The van der Waals surface area contributed by atoms with Gasteiger partial charge in [-0.1, -0.05) is 57.9 Å². The molecule has 152 valence electrons. The molecule has 0 radical (unpaired) electrons. The molecule has 0 amide bonds. The topological polar surface area (TPSA) is 39.4 Å². The van der Waals surface area contributed by atoms with E-state index in [1.807, 2.05) is 35.2 Å². The highest BCUT2D eigenvalue weighted by Gasteiger charge is 2.29. The van der Waals surface area contributed by atoms with Gasteiger partial charge >= 0.3 is 5.97 Å². The Balaban J connectivity index is 1.87. The Labute approximate surface area is 169 Å². The van der Waals surface area contributed by atoms with E-state index in [1.54, 1.807) is 31.4 Å². The standard InChI is InChI=1S/C24H34NO3/c1-3-4-5-6-7-8-9-11-14-23(25-19-12-10-13-20-25)24(26)28-22-17-15-21(27-2)16-18-22/h10,12-13,15-20,23H,3-9,11,14H2,1-2H3/q+1/t23-/m1/s1. The van der Waals surface area contributed by atoms with Crippen LogP contribution in [0.5, 0.6) is 11.5 Å². The van der Waals surface area contributed by atoms with Crippen molar-refractivity contribution in [3.05, 3.63) is 54.9 Å². The average Bonchev–Trinajstić information content (AvgIpc) is 2.74. The first-order valence-corrected chi connectivity index (χ1v) is 10.6. The van der Waals surface area contributed by atoms with Crippen molar-refractivity contribution in [3.8, 4) is 11.5 Å². The molecular formula is C24H34NO3+. The number of pyridine rings is 1. The number of nitrogens with zero attached hydrogens (tertiary/aromatic N) is 1. The van der Waals surface area contributed by atoms with Crippen LogP contribution in [0.1, 0.15) is 70.8 Å². The third-order valence-corrected chi connectivity index (χ3v) is 4.98. The highest BCUT2D eigenvalue weighted by atomic mass is 16.5. The van der Waals surface area contributed by atoms with Crippen LogP contribution >= 0.6 is 0 Å². The van der Waals surface area contributed by atoms with E-state index >= 15 is 0 Å². The second-order valence-corrected chi connectivity index (χ2v) is 7.20. The number of hydrogen-bond donors (Lipinski definition) is 0. The number of carbonyl (C=O) groups is 1. The Morgan fingerprint density at radius 2 is 1.43 bits per heavy atom. The fraction of sp³-hybridized carbons (Fsp3) is 0.500. The molecule has 4 heteroatoms. The van der Waals surface area contributed by atoms with Gasteiger partial charge in [-0.05, 0) is 30.7 Å². The maximum absolute atomic E-state index is 12.8. The molecule has 1 aromatic carbocycles. The lowest BCUT2D eigenvalue weighted by atomic mass is 10.0. The molecule has 0 N–H and O–H groups in total. The minimum absolute atomic E-state index is 0.218. The predicted molar refractivity (Wildman–Crippen MR) is 112 cm³/mol. The summed E-state index contributed by atoms with van der Waals surface area (Å²) >= 11 is 0. The van der Waals surface area contributed by atoms with Crippen LogP contribution in [-0.2, 0) is 4.79 Å². The molecule has 2 rings (SSSR count). The molecule has 0 aliphatic heterocycles. The number of hydrogen-bond acceptors (Lipinski definition) is 3. The van der Waals surface area contributed by atoms with Crippen molar-refractivity contribution in [2.24, 2.45) is 0 Å². The van der Waals surface area contributed by atoms with Crippen molar-refractivity contribution >= 4 is 5.97 Å². The van der Waals surface area contributed by atoms with Crippen LogP contribution in [0.15, 0.2) is 54.9 Å². The van der Waals surface area contributed by atoms with Gasteiger partial charge in [0.15, 0.2) is 12.4 Å². The van der Waals surface area contributed by atoms with E-state index in [0.717, 1.165) is 25.0 Å². The molecule has 28 heavy (non-hydrogen) atoms. The molecule has 2 aromatic rings. The van der Waals surface area contributed by atoms with Crippen molar-refractivity contribution < 1.29 is 18.8 Å². The summed E-state index contributed by atoms with van der Waals surface area (Å²) in [4.78, 5) is 12.8. The summed E-state index contributed by atoms with van der Waals surface area (Å²) < 4.78 is 12.7. The fourth-order valence-electron chi connectivity index (χ4n) is 3.31. The van der Waals surface area contributed by atoms with Crippen molar-refractivity contribution in [1.29, 1.82) is 0 Å². The van der Waals surface area contributed by atoms with Crippen LogP contribution in [0.4, 0.5) is 0 Å². The maximum Gasteiger partial charge on any atom is 0.381 e. The first kappa shape index (κ1) is 21.9. The molecule has 4 nitrogen and oxygen atoms in total. The highest BCUT2D eigenvalue weighted by molar-refractivity contribution is 5.75. The molecule has 0 spiro atoms. The Hall–Kier alpha value is -2.36. The second-order valence-electron chi connectivity index (χ2n) is 7.20. The van der Waals surface area contributed by atoms with Crippen molar-refractivity contribution in [2.75, 3.05) is 7.11 Å². The largest absolute Gasteiger partial charge is 0.497 e. The number of ether oxygens (including phenoxy) is 2. The van der Waals surface area contributed by atoms with Gasteiger partial charge in [0, 0.05) is 18.6 Å². The number of aromatic nitrogens is 1. The molecule has 0 saturated heterocycles. The number of methoxy groups -OCH3 is 1. The lowest BCUT2D eigenvalue weighted by molar-refractivity contribution is -0.711. The van der Waals surface area contributed by atoms with Gasteiger partial charge in [-0.3, -0.25) is 0 Å². The summed E-state index contributed by atoms with van der Waals surface area (Å²) in [5.41, 5.74) is 0. The van der Waals surface area contributed by atoms with Crippen LogP contribution < -0.4 is 14.0 Å². The van der Waals surface area contributed by atoms with E-state index in [9.17, 15) is 4.79 Å². The van der Waals surface area contributed by atoms with E-state index in [4.69, 9.17) is 9.47 Å². The van der Waals surface area contributed by atoms with E-state index < -0.39 is 0 Å². The van der Waals surface area contributed by atoms with Gasteiger partial charge in [0.05, 0.1) is 7.11 Å². The number of esters is 1. The van der Waals surface area contributed by atoms with Crippen molar-refractivity contribution in [1.82, 2.24) is 0 Å². The van der Waals surface area contributed by atoms with Gasteiger partial charge in [-0.15, -0.1) is 0 Å². The van der Waals surface area contributed by atoms with E-state index in [-0.39, 0.29) is 12.0 Å². The van der Waals surface area contributed by atoms with Gasteiger partial charge in [0.2, 0.25) is 0 Å². The summed E-state index contributed by atoms with van der Waals surface area (Å²) in [6, 6.07) is 12.7. The Kier molecular flexibility index (Phi) is 10.1. The fourth-order valence-corrected chi connectivity index (χ4v) is 3.31. The number of rotatable bonds is 13. The molecule has 1 aromatic heterocycles. The summed E-state index contributed by atoms with van der Waals surface area (Å²) in [6.07, 6.45) is 14.7. The molecule has 0 unspecified atom stereocenters. The summed E-state index contributed by atoms with van der Waals surface area (Å²) in [7, 11) is 1.62. The highest BCUT2D eigenvalue weighted by Crippen LogP contribution is 2.20. The van der Waals surface area contributed by atoms with Crippen molar-refractivity contribution in [2.45, 2.75) is 70.8 Å². The van der Waals surface area contributed by atoms with Gasteiger partial charge in [0.25, 0.3) is 6.04 Å². The first-order chi connectivity index (χ1) is 13.7. The smallest absolute Gasteiger partial charge is 0.381 e. The minimum atomic E-state index is -0.302. The average molecular weight is 385 g/mol. The van der Waals surface area contributed by atoms with E-state index in [0.29, 0.717) is 5.75 Å². The Bertz CT molecular complexity index is 670. The normalized spacial score (nSPS) is 11.8.